The Morgan fingerprint density at radius 2 is 2.10 bits per heavy atom. The van der Waals surface area contributed by atoms with Crippen LogP contribution in [0.1, 0.15) is 26.2 Å². The van der Waals surface area contributed by atoms with Gasteiger partial charge in [-0.3, -0.25) is 9.69 Å². The van der Waals surface area contributed by atoms with E-state index in [9.17, 15) is 9.90 Å². The second-order valence-corrected chi connectivity index (χ2v) is 5.92. The molecule has 1 N–H and O–H groups in total. The van der Waals surface area contributed by atoms with E-state index in [2.05, 4.69) is 17.1 Å². The van der Waals surface area contributed by atoms with Crippen molar-refractivity contribution in [2.24, 2.45) is 5.92 Å². The van der Waals surface area contributed by atoms with Crippen LogP contribution in [-0.4, -0.2) is 72.9 Å². The van der Waals surface area contributed by atoms with Crippen LogP contribution in [0.15, 0.2) is 12.2 Å². The van der Waals surface area contributed by atoms with E-state index in [0.29, 0.717) is 25.7 Å². The second-order valence-electron chi connectivity index (χ2n) is 5.92. The van der Waals surface area contributed by atoms with E-state index in [0.717, 1.165) is 45.4 Å². The lowest BCUT2D eigenvalue weighted by Crippen LogP contribution is -2.52. The molecule has 0 radical (unpaired) electrons. The molecule has 2 aliphatic rings. The van der Waals surface area contributed by atoms with Crippen molar-refractivity contribution < 1.29 is 14.6 Å². The molecular weight excluding hydrogens is 268 g/mol. The van der Waals surface area contributed by atoms with Gasteiger partial charge in [-0.05, 0) is 26.2 Å². The molecule has 1 heterocycles. The van der Waals surface area contributed by atoms with Crippen LogP contribution in [0.4, 0.5) is 0 Å². The van der Waals surface area contributed by atoms with Crippen LogP contribution < -0.4 is 0 Å². The van der Waals surface area contributed by atoms with Crippen LogP contribution in [-0.2, 0) is 9.53 Å². The Bertz CT molecular complexity index is 351. The summed E-state index contributed by atoms with van der Waals surface area (Å²) in [4.78, 5) is 16.6. The molecule has 0 aromatic carbocycles. The highest BCUT2D eigenvalue weighted by molar-refractivity contribution is 5.79. The van der Waals surface area contributed by atoms with Gasteiger partial charge in [0.2, 0.25) is 5.91 Å². The average Bonchev–Trinajstić information content (AvgIpc) is 2.54. The smallest absolute Gasteiger partial charge is 0.226 e. The number of nitrogens with zero attached hydrogens (tertiary/aromatic N) is 2. The Morgan fingerprint density at radius 1 is 1.33 bits per heavy atom. The van der Waals surface area contributed by atoms with E-state index in [1.807, 2.05) is 11.8 Å². The first-order valence-corrected chi connectivity index (χ1v) is 8.12. The molecule has 5 heteroatoms. The van der Waals surface area contributed by atoms with Crippen molar-refractivity contribution in [2.75, 3.05) is 45.9 Å². The Balaban J connectivity index is 1.70. The number of rotatable bonds is 6. The summed E-state index contributed by atoms with van der Waals surface area (Å²) in [6, 6.07) is 0. The van der Waals surface area contributed by atoms with Crippen LogP contribution in [0, 0.1) is 5.92 Å². The van der Waals surface area contributed by atoms with Crippen molar-refractivity contribution in [3.8, 4) is 0 Å². The number of hydrogen-bond acceptors (Lipinski definition) is 4. The Labute approximate surface area is 127 Å². The van der Waals surface area contributed by atoms with E-state index >= 15 is 0 Å². The number of β-amino-alcohol motifs (C(OH)–C–C–N with tert-alkyl or cyclic N) is 1. The first-order chi connectivity index (χ1) is 10.2. The molecule has 5 nitrogen and oxygen atoms in total. The highest BCUT2D eigenvalue weighted by Crippen LogP contribution is 2.21. The van der Waals surface area contributed by atoms with Gasteiger partial charge in [0.15, 0.2) is 0 Å². The Kier molecular flexibility index (Phi) is 6.67. The number of amides is 1. The third-order valence-electron chi connectivity index (χ3n) is 4.29. The third kappa shape index (κ3) is 5.09. The minimum absolute atomic E-state index is 0.185. The minimum Gasteiger partial charge on any atom is -0.389 e. The Morgan fingerprint density at radius 3 is 2.71 bits per heavy atom. The molecule has 1 aliphatic heterocycles. The molecule has 0 aromatic heterocycles. The van der Waals surface area contributed by atoms with Gasteiger partial charge in [0.05, 0.1) is 12.7 Å². The van der Waals surface area contributed by atoms with Crippen LogP contribution in [0.2, 0.25) is 0 Å². The van der Waals surface area contributed by atoms with Crippen molar-refractivity contribution in [2.45, 2.75) is 32.3 Å². The lowest BCUT2D eigenvalue weighted by atomic mass is 9.93. The van der Waals surface area contributed by atoms with E-state index < -0.39 is 6.10 Å². The van der Waals surface area contributed by atoms with E-state index in [4.69, 9.17) is 4.74 Å². The van der Waals surface area contributed by atoms with E-state index in [1.165, 1.54) is 0 Å². The Hall–Kier alpha value is -0.910. The molecule has 2 unspecified atom stereocenters. The van der Waals surface area contributed by atoms with Gasteiger partial charge in [-0.15, -0.1) is 0 Å². The lowest BCUT2D eigenvalue weighted by Gasteiger charge is -2.37. The fourth-order valence-corrected chi connectivity index (χ4v) is 3.03. The van der Waals surface area contributed by atoms with Gasteiger partial charge in [0, 0.05) is 45.2 Å². The van der Waals surface area contributed by atoms with Gasteiger partial charge in [-0.25, -0.2) is 0 Å². The predicted molar refractivity (Wildman–Crippen MR) is 82.0 cm³/mol. The molecule has 1 fully saturated rings. The summed E-state index contributed by atoms with van der Waals surface area (Å²) in [5.74, 6) is 0.499. The van der Waals surface area contributed by atoms with Crippen molar-refractivity contribution in [3.63, 3.8) is 0 Å². The van der Waals surface area contributed by atoms with Crippen LogP contribution in [0.5, 0.6) is 0 Å². The normalized spacial score (nSPS) is 25.0. The maximum Gasteiger partial charge on any atom is 0.226 e. The van der Waals surface area contributed by atoms with Gasteiger partial charge in [0.1, 0.15) is 0 Å². The van der Waals surface area contributed by atoms with Crippen LogP contribution in [0.25, 0.3) is 0 Å². The van der Waals surface area contributed by atoms with Gasteiger partial charge in [-0.1, -0.05) is 12.2 Å². The average molecular weight is 296 g/mol. The highest BCUT2D eigenvalue weighted by Gasteiger charge is 2.27. The van der Waals surface area contributed by atoms with Crippen LogP contribution >= 0.6 is 0 Å². The number of allylic oxidation sites excluding steroid dienone is 2. The monoisotopic (exact) mass is 296 g/mol. The fourth-order valence-electron chi connectivity index (χ4n) is 3.03. The third-order valence-corrected chi connectivity index (χ3v) is 4.29. The summed E-state index contributed by atoms with van der Waals surface area (Å²) < 4.78 is 5.23. The lowest BCUT2D eigenvalue weighted by molar-refractivity contribution is -0.137. The number of carbonyl (C=O) groups excluding carboxylic acids is 1. The molecule has 0 spiro atoms. The fraction of sp³-hybridized carbons (Fsp3) is 0.812. The number of piperazine rings is 1. The van der Waals surface area contributed by atoms with E-state index in [-0.39, 0.29) is 5.92 Å². The summed E-state index contributed by atoms with van der Waals surface area (Å²) in [6.45, 7) is 6.83. The molecule has 0 aromatic rings. The van der Waals surface area contributed by atoms with Gasteiger partial charge >= 0.3 is 0 Å². The summed E-state index contributed by atoms with van der Waals surface area (Å²) in [6.07, 6.45) is 6.78. The summed E-state index contributed by atoms with van der Waals surface area (Å²) in [5, 5.41) is 9.86. The number of hydrogen-bond donors (Lipinski definition) is 1. The van der Waals surface area contributed by atoms with Crippen molar-refractivity contribution in [3.05, 3.63) is 12.2 Å². The molecule has 1 aliphatic carbocycles. The number of ether oxygens (including phenoxy) is 1. The summed E-state index contributed by atoms with van der Waals surface area (Å²) in [5.41, 5.74) is 0. The zero-order valence-electron chi connectivity index (χ0n) is 13.0. The standard InChI is InChI=1S/C16H28N2O3/c1-2-21-13-15(19)12-17-8-10-18(11-9-17)16(20)14-6-4-3-5-7-14/h3-4,14-15,19H,2,5-13H2,1H3. The van der Waals surface area contributed by atoms with Crippen molar-refractivity contribution in [1.29, 1.82) is 0 Å². The quantitative estimate of drug-likeness (QED) is 0.740. The molecule has 2 atom stereocenters. The molecule has 1 saturated heterocycles. The van der Waals surface area contributed by atoms with E-state index in [1.54, 1.807) is 0 Å². The first kappa shape index (κ1) is 16.5. The second kappa shape index (κ2) is 8.51. The predicted octanol–water partition coefficient (Wildman–Crippen LogP) is 0.884. The highest BCUT2D eigenvalue weighted by atomic mass is 16.5. The molecule has 1 amide bonds. The van der Waals surface area contributed by atoms with Gasteiger partial charge in [-0.2, -0.15) is 0 Å². The van der Waals surface area contributed by atoms with Gasteiger partial charge < -0.3 is 14.7 Å². The maximum absolute atomic E-state index is 12.4. The molecule has 0 bridgehead atoms. The molecule has 0 saturated carbocycles. The topological polar surface area (TPSA) is 53.0 Å². The number of carbonyl (C=O) groups is 1. The zero-order valence-corrected chi connectivity index (χ0v) is 13.0. The zero-order chi connectivity index (χ0) is 15.1. The summed E-state index contributed by atoms with van der Waals surface area (Å²) >= 11 is 0. The molecule has 2 rings (SSSR count). The molecule has 21 heavy (non-hydrogen) atoms. The van der Waals surface area contributed by atoms with Crippen molar-refractivity contribution >= 4 is 5.91 Å². The number of aliphatic hydroxyl groups is 1. The number of aliphatic hydroxyl groups excluding tert-OH is 1. The first-order valence-electron chi connectivity index (χ1n) is 8.12. The largest absolute Gasteiger partial charge is 0.389 e. The SMILES string of the molecule is CCOCC(O)CN1CCN(C(=O)C2CC=CCC2)CC1. The summed E-state index contributed by atoms with van der Waals surface area (Å²) in [7, 11) is 0. The van der Waals surface area contributed by atoms with Crippen LogP contribution in [0.3, 0.4) is 0 Å². The maximum atomic E-state index is 12.4. The molecular formula is C16H28N2O3. The van der Waals surface area contributed by atoms with Crippen molar-refractivity contribution in [1.82, 2.24) is 9.80 Å². The molecule has 120 valence electrons. The van der Waals surface area contributed by atoms with Gasteiger partial charge in [0.25, 0.3) is 0 Å². The minimum atomic E-state index is -0.435.